The van der Waals surface area contributed by atoms with Crippen LogP contribution in [-0.2, 0) is 64.0 Å². The highest BCUT2D eigenvalue weighted by molar-refractivity contribution is 14.1. The van der Waals surface area contributed by atoms with Crippen molar-refractivity contribution in [3.05, 3.63) is 65.7 Å². The third-order valence-electron chi connectivity index (χ3n) is 18.0. The fourth-order valence-corrected chi connectivity index (χ4v) is 13.0. The van der Waals surface area contributed by atoms with Gasteiger partial charge in [0.2, 0.25) is 53.2 Å². The lowest BCUT2D eigenvalue weighted by molar-refractivity contribution is -0.148. The van der Waals surface area contributed by atoms with Gasteiger partial charge in [0.15, 0.2) is 0 Å². The summed E-state index contributed by atoms with van der Waals surface area (Å²) in [5.74, 6) is -5.65. The van der Waals surface area contributed by atoms with Crippen molar-refractivity contribution < 1.29 is 72.1 Å². The molecule has 0 aliphatic carbocycles. The van der Waals surface area contributed by atoms with Gasteiger partial charge in [0.25, 0.3) is 0 Å². The smallest absolute Gasteiger partial charge is 0.410 e. The number of primary amides is 1. The second-order valence-corrected chi connectivity index (χ2v) is 27.7. The van der Waals surface area contributed by atoms with Crippen molar-refractivity contribution in [3.8, 4) is 0 Å². The van der Waals surface area contributed by atoms with E-state index in [0.29, 0.717) is 61.9 Å². The predicted molar refractivity (Wildman–Crippen MR) is 367 cm³/mol. The maximum atomic E-state index is 14.8. The number of anilines is 1. The Morgan fingerprint density at radius 3 is 1.97 bits per heavy atom. The third kappa shape index (κ3) is 23.7. The zero-order valence-corrected chi connectivity index (χ0v) is 60.1. The first-order chi connectivity index (χ1) is 44.9. The number of imide groups is 1. The molecule has 0 bridgehead atoms. The molecular formula is C68H106IN11O15. The Labute approximate surface area is 574 Å². The number of unbranched alkanes of at least 4 members (excludes halogenated alkanes) is 2. The van der Waals surface area contributed by atoms with E-state index in [9.17, 15) is 57.8 Å². The summed E-state index contributed by atoms with van der Waals surface area (Å²) in [6, 6.07) is 8.76. The molecule has 2 fully saturated rings. The molecule has 2 heterocycles. The molecule has 4 rings (SSSR count). The summed E-state index contributed by atoms with van der Waals surface area (Å²) >= 11 is 1.96. The summed E-state index contributed by atoms with van der Waals surface area (Å²) in [5, 5.41) is 27.7. The van der Waals surface area contributed by atoms with Crippen LogP contribution in [0.25, 0.3) is 0 Å². The number of halogens is 1. The zero-order valence-electron chi connectivity index (χ0n) is 57.9. The summed E-state index contributed by atoms with van der Waals surface area (Å²) in [4.78, 5) is 153. The number of benzene rings is 2. The number of nitrogens with zero attached hydrogens (tertiary/aromatic N) is 4. The molecule has 0 saturated carbocycles. The number of amides is 12. The molecule has 9 N–H and O–H groups in total. The van der Waals surface area contributed by atoms with E-state index in [4.69, 9.17) is 19.9 Å². The normalized spacial score (nSPS) is 18.3. The Hall–Kier alpha value is -6.98. The van der Waals surface area contributed by atoms with Crippen molar-refractivity contribution in [2.75, 3.05) is 53.3 Å². The Kier molecular flexibility index (Phi) is 33.3. The van der Waals surface area contributed by atoms with Gasteiger partial charge >= 0.3 is 12.1 Å². The number of likely N-dealkylation sites (N-methyl/N-ethyl adjacent to an activating group) is 2. The molecule has 2 aromatic carbocycles. The molecule has 0 aromatic heterocycles. The van der Waals surface area contributed by atoms with Crippen molar-refractivity contribution in [1.29, 1.82) is 0 Å². The van der Waals surface area contributed by atoms with E-state index in [1.807, 2.05) is 54.6 Å². The average molecular weight is 1440 g/mol. The molecule has 0 radical (unpaired) electrons. The van der Waals surface area contributed by atoms with Crippen LogP contribution in [0.4, 0.5) is 15.3 Å². The monoisotopic (exact) mass is 1440 g/mol. The zero-order chi connectivity index (χ0) is 71.0. The van der Waals surface area contributed by atoms with Gasteiger partial charge in [-0.15, -0.1) is 0 Å². The summed E-state index contributed by atoms with van der Waals surface area (Å²) < 4.78 is 17.4. The summed E-state index contributed by atoms with van der Waals surface area (Å²) in [6.45, 7) is 18.7. The first-order valence-corrected chi connectivity index (χ1v) is 34.5. The number of carbonyl (C=O) groups is 11. The number of ether oxygens (including phenoxy) is 3. The highest BCUT2D eigenvalue weighted by Crippen LogP contribution is 2.31. The largest absolute Gasteiger partial charge is 0.445 e. The minimum absolute atomic E-state index is 0.0868. The van der Waals surface area contributed by atoms with Gasteiger partial charge in [-0.1, -0.05) is 140 Å². The second-order valence-electron chi connectivity index (χ2n) is 26.2. The number of urea groups is 1. The predicted octanol–water partition coefficient (Wildman–Crippen LogP) is 5.71. The van der Waals surface area contributed by atoms with E-state index in [1.54, 1.807) is 109 Å². The maximum Gasteiger partial charge on any atom is 0.410 e. The van der Waals surface area contributed by atoms with Crippen LogP contribution < -0.4 is 37.6 Å². The minimum Gasteiger partial charge on any atom is -0.445 e. The molecule has 27 heteroatoms. The van der Waals surface area contributed by atoms with Crippen molar-refractivity contribution in [2.45, 2.75) is 211 Å². The standard InChI is InChI=1S/C68H106IN11O15/c1-15-42(8)58(51(93-13)37-54(83)79-35-23-27-50(79)60(94-14)43(9)61(85)72-44(10)59(84)46-24-18-16-19-25-46)77(11)66(90)56(40(4)5)76-64(88)57(41(6)7)78(12)68(92)95-38-45-29-31-47(32-30-45)73-62(86)49(26-22-33-71-67(70)91)74-63(87)55(39(2)3)75-52(81)28-20-17-21-34-80-53(82)36-48(69)65(80)89/h16,18-19,24-25,29-32,39-44,48-51,55-60,84H,15,17,20-23,26-28,33-38H2,1-14H3,(H,72,85)(H,73,86)(H,74,87)(H,75,81)(H,76,88)(H3,70,71,91)/t42-,43+,44+,48?,49-,50-,51+,55-,56-,57-,58-,59+,60+/m0/s1. The number of aliphatic hydroxyl groups is 1. The van der Waals surface area contributed by atoms with E-state index in [2.05, 4.69) is 31.9 Å². The summed E-state index contributed by atoms with van der Waals surface area (Å²) in [6.07, 6.45) is 0.782. The molecule has 26 nitrogen and oxygen atoms in total. The lowest BCUT2D eigenvalue weighted by Crippen LogP contribution is -2.60. The number of hydrogen-bond donors (Lipinski definition) is 8. The molecule has 13 atom stereocenters. The number of rotatable bonds is 38. The van der Waals surface area contributed by atoms with E-state index < -0.39 is 114 Å². The maximum absolute atomic E-state index is 14.8. The van der Waals surface area contributed by atoms with Crippen LogP contribution in [-0.4, -0.2) is 196 Å². The van der Waals surface area contributed by atoms with Crippen molar-refractivity contribution in [2.24, 2.45) is 35.3 Å². The molecule has 1 unspecified atom stereocenters. The summed E-state index contributed by atoms with van der Waals surface area (Å²) in [7, 11) is 6.08. The van der Waals surface area contributed by atoms with Gasteiger partial charge in [-0.2, -0.15) is 0 Å². The van der Waals surface area contributed by atoms with Crippen LogP contribution in [0.2, 0.25) is 0 Å². The van der Waals surface area contributed by atoms with E-state index in [1.165, 1.54) is 31.1 Å². The summed E-state index contributed by atoms with van der Waals surface area (Å²) in [5.41, 5.74) is 6.78. The molecule has 2 saturated heterocycles. The Morgan fingerprint density at radius 2 is 1.40 bits per heavy atom. The second kappa shape index (κ2) is 39.3. The van der Waals surface area contributed by atoms with Gasteiger partial charge in [-0.05, 0) is 92.4 Å². The average Bonchev–Trinajstić information content (AvgIpc) is 1.78. The molecule has 2 aliphatic rings. The molecular weight excluding hydrogens is 1340 g/mol. The highest BCUT2D eigenvalue weighted by atomic mass is 127. The SMILES string of the molecule is CC[C@H](C)[C@@H]([C@@H](CC(=O)N1CCC[C@H]1[C@H](OC)[C@@H](C)C(=O)N[C@H](C)[C@@H](O)c1ccccc1)OC)N(C)C(=O)[C@@H](NC(=O)[C@H](C(C)C)N(C)C(=O)OCc1ccc(NC(=O)[C@H](CCCNC(N)=O)NC(=O)[C@@H](NC(=O)CCCCCN2C(=O)CC(I)C2=O)C(C)C)cc1)C(C)C. The number of nitrogens with one attached hydrogen (secondary N) is 6. The van der Waals surface area contributed by atoms with Gasteiger partial charge in [0, 0.05) is 66.5 Å². The molecule has 12 amide bonds. The van der Waals surface area contributed by atoms with Crippen LogP contribution in [0.15, 0.2) is 54.6 Å². The van der Waals surface area contributed by atoms with Gasteiger partial charge in [-0.3, -0.25) is 53.0 Å². The minimum atomic E-state index is -1.11. The van der Waals surface area contributed by atoms with E-state index >= 15 is 0 Å². The van der Waals surface area contributed by atoms with Crippen molar-refractivity contribution >= 4 is 93.6 Å². The number of nitrogens with two attached hydrogens (primary N) is 1. The van der Waals surface area contributed by atoms with E-state index in [-0.39, 0.29) is 97.1 Å². The van der Waals surface area contributed by atoms with Crippen LogP contribution in [0, 0.1) is 29.6 Å². The van der Waals surface area contributed by atoms with Crippen LogP contribution in [0.3, 0.4) is 0 Å². The first-order valence-electron chi connectivity index (χ1n) is 33.2. The Morgan fingerprint density at radius 1 is 0.747 bits per heavy atom. The van der Waals surface area contributed by atoms with Crippen LogP contribution in [0.5, 0.6) is 0 Å². The third-order valence-corrected chi connectivity index (χ3v) is 19.0. The lowest BCUT2D eigenvalue weighted by Gasteiger charge is -2.41. The first kappa shape index (κ1) is 80.5. The molecule has 0 spiro atoms. The van der Waals surface area contributed by atoms with Crippen LogP contribution in [0.1, 0.15) is 157 Å². The van der Waals surface area contributed by atoms with E-state index in [0.717, 1.165) is 0 Å². The quantitative estimate of drug-likeness (QED) is 0.0173. The number of methoxy groups -OCH3 is 2. The molecule has 2 aliphatic heterocycles. The number of aliphatic hydroxyl groups excluding tert-OH is 1. The Bertz CT molecular complexity index is 2890. The number of likely N-dealkylation sites (tertiary alicyclic amines) is 2. The van der Waals surface area contributed by atoms with Gasteiger partial charge in [0.1, 0.15) is 30.8 Å². The van der Waals surface area contributed by atoms with Gasteiger partial charge in [0.05, 0.1) is 52.7 Å². The number of alkyl halides is 1. The molecule has 95 heavy (non-hydrogen) atoms. The lowest BCUT2D eigenvalue weighted by atomic mass is 9.89. The topological polar surface area (TPSA) is 347 Å². The fraction of sp³-hybridized carbons (Fsp3) is 0.662. The van der Waals surface area contributed by atoms with Crippen LogP contribution >= 0.6 is 22.6 Å². The Balaban J connectivity index is 1.37. The molecule has 2 aromatic rings. The number of hydrogen-bond acceptors (Lipinski definition) is 15. The fourth-order valence-electron chi connectivity index (χ4n) is 12.3. The van der Waals surface area contributed by atoms with Gasteiger partial charge in [-0.25, -0.2) is 9.59 Å². The van der Waals surface area contributed by atoms with Crippen molar-refractivity contribution in [3.63, 3.8) is 0 Å². The van der Waals surface area contributed by atoms with Crippen molar-refractivity contribution in [1.82, 2.24) is 46.2 Å². The number of carbonyl (C=O) groups excluding carboxylic acids is 11. The molecule has 530 valence electrons. The highest BCUT2D eigenvalue weighted by Gasteiger charge is 2.44. The van der Waals surface area contributed by atoms with Gasteiger partial charge < -0.3 is 66.8 Å².